The van der Waals surface area contributed by atoms with Gasteiger partial charge in [-0.05, 0) is 0 Å². The van der Waals surface area contributed by atoms with Crippen molar-refractivity contribution in [1.82, 2.24) is 31.9 Å². The first-order valence-corrected chi connectivity index (χ1v) is 45.9. The summed E-state index contributed by atoms with van der Waals surface area (Å²) in [5.74, 6) is -4.65. The van der Waals surface area contributed by atoms with Crippen LogP contribution in [0.25, 0.3) is 0 Å². The van der Waals surface area contributed by atoms with Crippen LogP contribution in [-0.4, -0.2) is 619 Å². The van der Waals surface area contributed by atoms with E-state index in [0.29, 0.717) is 0 Å². The van der Waals surface area contributed by atoms with Gasteiger partial charge in [0, 0.05) is 34.6 Å². The van der Waals surface area contributed by atoms with Crippen LogP contribution in [0.4, 0.5) is 0 Å². The van der Waals surface area contributed by atoms with Crippen molar-refractivity contribution in [3.63, 3.8) is 0 Å². The summed E-state index contributed by atoms with van der Waals surface area (Å²) in [4.78, 5) is 75.6. The molecule has 0 aromatic heterocycles. The van der Waals surface area contributed by atoms with Crippen molar-refractivity contribution in [3.8, 4) is 0 Å². The summed E-state index contributed by atoms with van der Waals surface area (Å²) in [6, 6.07) is -10.4. The van der Waals surface area contributed by atoms with E-state index in [4.69, 9.17) is 104 Å². The molecule has 0 unspecified atom stereocenters. The molecule has 11 rings (SSSR count). The van der Waals surface area contributed by atoms with Gasteiger partial charge in [-0.25, -0.2) is 0 Å². The predicted octanol–water partition coefficient (Wildman–Crippen LogP) is -25.1. The average molecular weight is 2110 g/mol. The first kappa shape index (κ1) is 119. The van der Waals surface area contributed by atoms with Crippen LogP contribution in [-0.2, 0) is 133 Å². The van der Waals surface area contributed by atoms with E-state index in [1.807, 2.05) is 0 Å². The van der Waals surface area contributed by atoms with Crippen LogP contribution < -0.4 is 31.9 Å². The number of hydrogen-bond acceptors (Lipinski definition) is 58. The SMILES string of the molecule is CC(=O)N[C@H]1[C@H](OC[C@H]2O[C@@H](O[C@H]3[C@H](O)[C@@H](NC(C)=O)[C@H](O[C@H]4[C@@H](O)[C@@H](CO)O[C@@H](O[C@H]5[C@H](O)[C@@H](O)[C@H](OC[C@@H](CO)NC=O)O[C@@H]5CO)[C@@H]4O)O[C@@H]3CO)[C@H](O)[C@@H](O[C@@H]3O[C@H](CO)[C@@H](O[C@@H]4O[C@H](CO)[C@H](O)[C@H](O)[C@H]4O)[C@H](O)[C@H]3NC(C)=O)[C@H]2O)O[C@H](CO)[C@@H](O[C@@H]2O[C@H](CO[C@@H]3O[C@H](CO)[C@@H](O[C@@H]4O[C@H](CO[C@@H]5O[C@H](CO)[C@@H](O)[C@H](O)[C@H]5NC(C)=O)[C@H](O)[C@H](O)[C@H]4O)[C@H](O)[C@H]3NC(C)=O)[C@H](O)[C@H](O)[C@H]2O)[C@@H]1O. The fourth-order valence-electron chi connectivity index (χ4n) is 18.2. The third-order valence-corrected chi connectivity index (χ3v) is 25.9. The molecule has 0 saturated carbocycles. The third-order valence-electron chi connectivity index (χ3n) is 25.9. The van der Waals surface area contributed by atoms with E-state index in [1.165, 1.54) is 0 Å². The second kappa shape index (κ2) is 53.3. The first-order valence-electron chi connectivity index (χ1n) is 45.9. The van der Waals surface area contributed by atoms with Crippen molar-refractivity contribution in [1.29, 1.82) is 0 Å². The number of aliphatic hydroxyl groups excluding tert-OH is 30. The lowest BCUT2D eigenvalue weighted by Crippen LogP contribution is -2.71. The monoisotopic (exact) mass is 2110 g/mol. The zero-order valence-electron chi connectivity index (χ0n) is 77.4. The van der Waals surface area contributed by atoms with Gasteiger partial charge in [-0.1, -0.05) is 0 Å². The van der Waals surface area contributed by atoms with Crippen molar-refractivity contribution in [2.24, 2.45) is 0 Å². The second-order valence-electron chi connectivity index (χ2n) is 36.1. The third kappa shape index (κ3) is 27.3. The Morgan fingerprint density at radius 2 is 0.444 bits per heavy atom. The molecule has 0 spiro atoms. The molecule has 0 radical (unpaired) electrons. The van der Waals surface area contributed by atoms with Crippen molar-refractivity contribution in [2.45, 2.75) is 378 Å². The Morgan fingerprint density at radius 1 is 0.229 bits per heavy atom. The normalized spacial score (nSPS) is 47.3. The van der Waals surface area contributed by atoms with Crippen LogP contribution in [0.5, 0.6) is 0 Å². The molecule has 56 atom stereocenters. The summed E-state index contributed by atoms with van der Waals surface area (Å²) in [6.07, 6.45) is -103. The van der Waals surface area contributed by atoms with Gasteiger partial charge in [-0.2, -0.15) is 0 Å². The fraction of sp³-hybridized carbons (Fsp3) is 0.925. The molecule has 64 nitrogen and oxygen atoms in total. The minimum absolute atomic E-state index is 0.234. The summed E-state index contributed by atoms with van der Waals surface area (Å²) in [6.45, 7) is -8.29. The van der Waals surface area contributed by atoms with Crippen molar-refractivity contribution < 1.29 is 286 Å². The number of ether oxygens (including phenoxy) is 22. The van der Waals surface area contributed by atoms with Crippen LogP contribution in [0.1, 0.15) is 34.6 Å². The Kier molecular flexibility index (Phi) is 44.1. The molecule has 36 N–H and O–H groups in total. The Bertz CT molecular complexity index is 3980. The molecule has 0 aromatic carbocycles. The number of nitrogens with one attached hydrogen (secondary N) is 6. The van der Waals surface area contributed by atoms with Gasteiger partial charge < -0.3 is 289 Å². The molecule has 11 saturated heterocycles. The van der Waals surface area contributed by atoms with E-state index in [1.54, 1.807) is 0 Å². The lowest BCUT2D eigenvalue weighted by atomic mass is 9.93. The number of rotatable bonds is 42. The minimum Gasteiger partial charge on any atom is -0.394 e. The molecular weight excluding hydrogens is 1970 g/mol. The number of carbonyl (C=O) groups excluding carboxylic acids is 6. The van der Waals surface area contributed by atoms with Crippen LogP contribution >= 0.6 is 0 Å². The fourth-order valence-corrected chi connectivity index (χ4v) is 18.2. The standard InChI is InChI=1S/C80H134N6O58/c1-20(97)82-37-48(108)42(102)26(7-88)127-70(37)124-16-34-44(104)54(114)58(118)77(135-34)139-63-29(10-91)130-71(38(49(63)109)83-21(2)98)125-17-35-45(105)55(115)59(119)78(136-35)140-64-30(11-92)131-72(39(50(64)110)84-22(3)99)126-18-36-47(107)69(144-74-40(85-23(4)100)51(111)65(31(12-93)132-74)138-76-57(117)53(113)43(103)27(8-89)128-76)62(122)80(137-36)141-66-32(13-94)133-73(41(52(66)112)86-24(5)101)143-68-46(106)28(9-90)129-79(61(68)121)142-67-33(14-95)134-75(60(120)56(67)116)123-15-25(6-87)81-19-96/h19,25-80,87-95,102-122H,6-18H2,1-5H3,(H,81,96)(H,82,97)(H,83,98)(H,84,99)(H,85,100)(H,86,101)/t25-,26-,27-,28-,29-,30-,31-,32-,33-,34-,35-,36-,37-,38-,39-,40-,41-,42-,43+,44+,45+,46+,47+,48-,49-,50-,51-,52-,53+,54+,55+,56-,57-,58-,59-,60-,61-,62-,63-,64-,65-,66-,67-,68+,69+,70-,71-,72-,73+,74+,75-,76+,77+,78+,79+,80+/m1/s1. The average Bonchev–Trinajstić information content (AvgIpc) is 0.761. The summed E-state index contributed by atoms with van der Waals surface area (Å²) in [5.41, 5.74) is 0. The first-order chi connectivity index (χ1) is 68.3. The quantitative estimate of drug-likeness (QED) is 0.0252. The van der Waals surface area contributed by atoms with Gasteiger partial charge in [0.25, 0.3) is 0 Å². The summed E-state index contributed by atoms with van der Waals surface area (Å²) < 4.78 is 130. The van der Waals surface area contributed by atoms with E-state index in [9.17, 15) is 182 Å². The number of hydrogen-bond donors (Lipinski definition) is 36. The molecule has 144 heavy (non-hydrogen) atoms. The molecule has 11 aliphatic rings. The van der Waals surface area contributed by atoms with Gasteiger partial charge in [0.2, 0.25) is 35.9 Å². The Morgan fingerprint density at radius 3 is 0.743 bits per heavy atom. The highest BCUT2D eigenvalue weighted by atomic mass is 16.8. The molecule has 0 bridgehead atoms. The lowest BCUT2D eigenvalue weighted by molar-refractivity contribution is -0.389. The van der Waals surface area contributed by atoms with Crippen LogP contribution in [0.2, 0.25) is 0 Å². The second-order valence-corrected chi connectivity index (χ2v) is 36.1. The number of amides is 6. The predicted molar refractivity (Wildman–Crippen MR) is 444 cm³/mol. The zero-order chi connectivity index (χ0) is 106. The van der Waals surface area contributed by atoms with Crippen molar-refractivity contribution in [2.75, 3.05) is 85.9 Å². The molecule has 0 aromatic rings. The smallest absolute Gasteiger partial charge is 0.217 e. The Hall–Kier alpha value is -5.26. The van der Waals surface area contributed by atoms with Gasteiger partial charge in [0.15, 0.2) is 69.2 Å². The molecular formula is C80H134N6O58. The lowest BCUT2D eigenvalue weighted by Gasteiger charge is -2.51. The highest BCUT2D eigenvalue weighted by molar-refractivity contribution is 5.75. The van der Waals surface area contributed by atoms with Crippen molar-refractivity contribution in [3.05, 3.63) is 0 Å². The molecule has 11 fully saturated rings. The van der Waals surface area contributed by atoms with Gasteiger partial charge in [0.1, 0.15) is 268 Å². The van der Waals surface area contributed by atoms with Gasteiger partial charge in [-0.15, -0.1) is 0 Å². The maximum Gasteiger partial charge on any atom is 0.217 e. The topological polar surface area (TPSA) is 985 Å². The molecule has 6 amide bonds. The van der Waals surface area contributed by atoms with Crippen molar-refractivity contribution >= 4 is 35.9 Å². The Labute approximate surface area is 815 Å². The number of aliphatic hydroxyl groups is 30. The molecule has 0 aliphatic carbocycles. The maximum atomic E-state index is 13.3. The van der Waals surface area contributed by atoms with Crippen LogP contribution in [0.15, 0.2) is 0 Å². The van der Waals surface area contributed by atoms with Gasteiger partial charge in [0.05, 0.1) is 91.9 Å². The van der Waals surface area contributed by atoms with Crippen LogP contribution in [0.3, 0.4) is 0 Å². The molecule has 64 heteroatoms. The highest BCUT2D eigenvalue weighted by Crippen LogP contribution is 2.41. The largest absolute Gasteiger partial charge is 0.394 e. The Balaban J connectivity index is 0.818. The van der Waals surface area contributed by atoms with Crippen LogP contribution in [0, 0.1) is 0 Å². The summed E-state index contributed by atoms with van der Waals surface area (Å²) in [5, 5.41) is 350. The zero-order valence-corrected chi connectivity index (χ0v) is 77.4. The van der Waals surface area contributed by atoms with Gasteiger partial charge >= 0.3 is 0 Å². The van der Waals surface area contributed by atoms with Gasteiger partial charge in [-0.3, -0.25) is 28.8 Å². The minimum atomic E-state index is -2.57. The van der Waals surface area contributed by atoms with E-state index >= 15 is 0 Å². The molecule has 11 heterocycles. The molecule has 832 valence electrons. The summed E-state index contributed by atoms with van der Waals surface area (Å²) in [7, 11) is 0. The maximum absolute atomic E-state index is 13.3. The van der Waals surface area contributed by atoms with E-state index in [-0.39, 0.29) is 6.41 Å². The highest BCUT2D eigenvalue weighted by Gasteiger charge is 2.63. The number of carbonyl (C=O) groups is 6. The van der Waals surface area contributed by atoms with E-state index in [0.717, 1.165) is 34.6 Å². The van der Waals surface area contributed by atoms with E-state index < -0.39 is 459 Å². The van der Waals surface area contributed by atoms with E-state index in [2.05, 4.69) is 31.9 Å². The summed E-state index contributed by atoms with van der Waals surface area (Å²) >= 11 is 0. The molecule has 11 aliphatic heterocycles.